The summed E-state index contributed by atoms with van der Waals surface area (Å²) in [5.74, 6) is 0. The van der Waals surface area contributed by atoms with E-state index in [1.807, 2.05) is 12.2 Å². The molecule has 2 aromatic rings. The first kappa shape index (κ1) is 15.3. The minimum atomic E-state index is 0. The summed E-state index contributed by atoms with van der Waals surface area (Å²) in [6.45, 7) is 9.15. The molecule has 0 aliphatic heterocycles. The quantitative estimate of drug-likeness (QED) is 0.509. The number of hydrogen-bond acceptors (Lipinski definition) is 0. The molecule has 3 heteroatoms. The lowest BCUT2D eigenvalue weighted by atomic mass is 10.1. The summed E-state index contributed by atoms with van der Waals surface area (Å²) in [5, 5.41) is 0. The van der Waals surface area contributed by atoms with Crippen molar-refractivity contribution in [1.82, 2.24) is 0 Å². The van der Waals surface area contributed by atoms with E-state index in [1.165, 1.54) is 11.1 Å². The highest BCUT2D eigenvalue weighted by molar-refractivity contribution is 5.60. The average molecular weight is 318 g/mol. The van der Waals surface area contributed by atoms with Crippen molar-refractivity contribution in [2.45, 2.75) is 13.1 Å². The molecule has 2 heterocycles. The molecule has 0 saturated carbocycles. The Balaban J connectivity index is 0.00000180. The van der Waals surface area contributed by atoms with Gasteiger partial charge in [-0.25, -0.2) is 9.13 Å². The summed E-state index contributed by atoms with van der Waals surface area (Å²) >= 11 is 0. The van der Waals surface area contributed by atoms with Crippen molar-refractivity contribution in [3.05, 3.63) is 74.4 Å². The first-order valence-corrected chi connectivity index (χ1v) is 6.04. The van der Waals surface area contributed by atoms with Crippen LogP contribution in [0.3, 0.4) is 0 Å². The van der Waals surface area contributed by atoms with Crippen molar-refractivity contribution >= 4 is 0 Å². The molecule has 2 rings (SSSR count). The van der Waals surface area contributed by atoms with Gasteiger partial charge in [0, 0.05) is 24.3 Å². The maximum atomic E-state index is 3.73. The van der Waals surface area contributed by atoms with Crippen LogP contribution in [-0.4, -0.2) is 0 Å². The number of allylic oxidation sites excluding steroid dienone is 2. The van der Waals surface area contributed by atoms with Crippen molar-refractivity contribution < 1.29 is 26.1 Å². The van der Waals surface area contributed by atoms with Gasteiger partial charge in [0.05, 0.1) is 0 Å². The van der Waals surface area contributed by atoms with E-state index in [2.05, 4.69) is 71.3 Å². The molecule has 0 aromatic carbocycles. The van der Waals surface area contributed by atoms with Crippen molar-refractivity contribution in [1.29, 1.82) is 0 Å². The first-order chi connectivity index (χ1) is 8.83. The Morgan fingerprint density at radius 3 is 1.32 bits per heavy atom. The van der Waals surface area contributed by atoms with E-state index in [4.69, 9.17) is 0 Å². The van der Waals surface area contributed by atoms with Gasteiger partial charge in [-0.15, -0.1) is 0 Å². The molecule has 0 spiro atoms. The Hall–Kier alpha value is -1.74. The molecule has 19 heavy (non-hydrogen) atoms. The summed E-state index contributed by atoms with van der Waals surface area (Å²) in [6, 6.07) is 8.49. The van der Waals surface area contributed by atoms with Crippen LogP contribution in [0.15, 0.2) is 74.4 Å². The second-order valence-electron chi connectivity index (χ2n) is 4.14. The number of rotatable bonds is 5. The molecule has 0 aliphatic rings. The maximum absolute atomic E-state index is 3.73. The van der Waals surface area contributed by atoms with Crippen LogP contribution < -0.4 is 26.1 Å². The topological polar surface area (TPSA) is 7.76 Å². The van der Waals surface area contributed by atoms with E-state index in [9.17, 15) is 0 Å². The fraction of sp³-hybridized carbons (Fsp3) is 0.125. The lowest BCUT2D eigenvalue weighted by Gasteiger charge is -1.99. The minimum absolute atomic E-state index is 0. The Kier molecular flexibility index (Phi) is 6.16. The SMILES string of the molecule is C=CC[n+]1ccc(-c2cc[n+](CC=C)cc2)cc1.[Br-]. The van der Waals surface area contributed by atoms with E-state index < -0.39 is 0 Å². The van der Waals surface area contributed by atoms with Crippen molar-refractivity contribution in [2.75, 3.05) is 0 Å². The van der Waals surface area contributed by atoms with Crippen molar-refractivity contribution in [3.63, 3.8) is 0 Å². The molecule has 98 valence electrons. The second-order valence-corrected chi connectivity index (χ2v) is 4.14. The standard InChI is InChI=1S/C16H18N2.BrH/c1-3-9-17-11-5-15(6-12-17)16-7-13-18(10-4-2)14-8-16;/h3-8,11-14H,1-2,9-10H2;1H/q+2;/p-1. The predicted octanol–water partition coefficient (Wildman–Crippen LogP) is -0.695. The van der Waals surface area contributed by atoms with Crippen LogP contribution in [-0.2, 0) is 13.1 Å². The van der Waals surface area contributed by atoms with Gasteiger partial charge in [-0.3, -0.25) is 0 Å². The fourth-order valence-corrected chi connectivity index (χ4v) is 1.84. The summed E-state index contributed by atoms with van der Waals surface area (Å²) in [5.41, 5.74) is 2.45. The normalized spacial score (nSPS) is 9.47. The number of nitrogens with zero attached hydrogens (tertiary/aromatic N) is 2. The number of aromatic nitrogens is 2. The molecule has 0 unspecified atom stereocenters. The predicted molar refractivity (Wildman–Crippen MR) is 72.7 cm³/mol. The molecule has 0 fully saturated rings. The van der Waals surface area contributed by atoms with Crippen LogP contribution in [0.1, 0.15) is 0 Å². The molecule has 0 amide bonds. The van der Waals surface area contributed by atoms with Gasteiger partial charge in [-0.05, 0) is 23.3 Å². The van der Waals surface area contributed by atoms with Crippen LogP contribution in [0.5, 0.6) is 0 Å². The average Bonchev–Trinajstić information content (AvgIpc) is 2.41. The van der Waals surface area contributed by atoms with Gasteiger partial charge in [0.15, 0.2) is 37.9 Å². The van der Waals surface area contributed by atoms with Crippen LogP contribution in [0.4, 0.5) is 0 Å². The smallest absolute Gasteiger partial charge is 0.169 e. The zero-order valence-electron chi connectivity index (χ0n) is 10.9. The zero-order valence-corrected chi connectivity index (χ0v) is 12.5. The van der Waals surface area contributed by atoms with Gasteiger partial charge in [-0.2, -0.15) is 0 Å². The summed E-state index contributed by atoms with van der Waals surface area (Å²) in [7, 11) is 0. The molecule has 0 aliphatic carbocycles. The summed E-state index contributed by atoms with van der Waals surface area (Å²) < 4.78 is 4.19. The largest absolute Gasteiger partial charge is 1.00 e. The maximum Gasteiger partial charge on any atom is 0.169 e. The second kappa shape index (κ2) is 7.64. The van der Waals surface area contributed by atoms with Gasteiger partial charge in [0.25, 0.3) is 0 Å². The molecule has 0 N–H and O–H groups in total. The Labute approximate surface area is 125 Å². The third-order valence-electron chi connectivity index (χ3n) is 2.80. The highest BCUT2D eigenvalue weighted by atomic mass is 79.9. The van der Waals surface area contributed by atoms with E-state index in [0.29, 0.717) is 0 Å². The van der Waals surface area contributed by atoms with E-state index in [1.54, 1.807) is 0 Å². The third-order valence-corrected chi connectivity index (χ3v) is 2.80. The molecule has 0 radical (unpaired) electrons. The van der Waals surface area contributed by atoms with Gasteiger partial charge < -0.3 is 17.0 Å². The molecule has 0 bridgehead atoms. The highest BCUT2D eigenvalue weighted by Gasteiger charge is 2.03. The minimum Gasteiger partial charge on any atom is -1.00 e. The van der Waals surface area contributed by atoms with Gasteiger partial charge in [0.2, 0.25) is 0 Å². The van der Waals surface area contributed by atoms with E-state index in [0.717, 1.165) is 13.1 Å². The van der Waals surface area contributed by atoms with Crippen molar-refractivity contribution in [3.8, 4) is 11.1 Å². The van der Waals surface area contributed by atoms with Gasteiger partial charge in [0.1, 0.15) is 0 Å². The Morgan fingerprint density at radius 2 is 1.05 bits per heavy atom. The first-order valence-electron chi connectivity index (χ1n) is 6.04. The van der Waals surface area contributed by atoms with Crippen LogP contribution in [0, 0.1) is 0 Å². The number of pyridine rings is 2. The fourth-order valence-electron chi connectivity index (χ4n) is 1.84. The molecule has 0 saturated heterocycles. The van der Waals surface area contributed by atoms with Crippen LogP contribution in [0.2, 0.25) is 0 Å². The van der Waals surface area contributed by atoms with Crippen molar-refractivity contribution in [2.24, 2.45) is 0 Å². The molecular formula is C16H18BrN2+. The monoisotopic (exact) mass is 317 g/mol. The highest BCUT2D eigenvalue weighted by Crippen LogP contribution is 2.15. The van der Waals surface area contributed by atoms with E-state index in [-0.39, 0.29) is 17.0 Å². The number of halogens is 1. The zero-order chi connectivity index (χ0) is 12.8. The molecular weight excluding hydrogens is 300 g/mol. The molecule has 2 nitrogen and oxygen atoms in total. The van der Waals surface area contributed by atoms with Gasteiger partial charge >= 0.3 is 0 Å². The lowest BCUT2D eigenvalue weighted by molar-refractivity contribution is -0.687. The van der Waals surface area contributed by atoms with Crippen LogP contribution in [0.25, 0.3) is 11.1 Å². The molecule has 0 atom stereocenters. The number of hydrogen-bond donors (Lipinski definition) is 0. The Bertz CT molecular complexity index is 478. The van der Waals surface area contributed by atoms with Crippen LogP contribution >= 0.6 is 0 Å². The van der Waals surface area contributed by atoms with Gasteiger partial charge in [-0.1, -0.05) is 13.2 Å². The summed E-state index contributed by atoms with van der Waals surface area (Å²) in [4.78, 5) is 0. The molecule has 2 aromatic heterocycles. The summed E-state index contributed by atoms with van der Waals surface area (Å²) in [6.07, 6.45) is 12.1. The lowest BCUT2D eigenvalue weighted by Crippen LogP contribution is -3.00. The van der Waals surface area contributed by atoms with E-state index >= 15 is 0 Å². The third kappa shape index (κ3) is 4.14. The Morgan fingerprint density at radius 1 is 0.737 bits per heavy atom.